The van der Waals surface area contributed by atoms with Crippen molar-refractivity contribution in [3.05, 3.63) is 58.1 Å². The largest absolute Gasteiger partial charge is 0.493 e. The maximum Gasteiger partial charge on any atom is 0.122 e. The van der Waals surface area contributed by atoms with Gasteiger partial charge < -0.3 is 10.1 Å². The molecule has 1 heterocycles. The predicted molar refractivity (Wildman–Crippen MR) is 82.0 cm³/mol. The molecule has 2 aromatic rings. The quantitative estimate of drug-likeness (QED) is 0.919. The highest BCUT2D eigenvalue weighted by molar-refractivity contribution is 9.10. The highest BCUT2D eigenvalue weighted by atomic mass is 79.9. The fourth-order valence-electron chi connectivity index (χ4n) is 2.35. The Labute approximate surface area is 121 Å². The van der Waals surface area contributed by atoms with Gasteiger partial charge in [0.15, 0.2) is 0 Å². The summed E-state index contributed by atoms with van der Waals surface area (Å²) in [5.74, 6) is 1.06. The van der Waals surface area contributed by atoms with Crippen molar-refractivity contribution in [3.63, 3.8) is 0 Å². The SMILES string of the molecule is Brc1cccc(NCCc2ccc3c(c2)CCO3)c1. The first kappa shape index (κ1) is 12.5. The number of ether oxygens (including phenoxy) is 1. The number of anilines is 1. The van der Waals surface area contributed by atoms with Crippen molar-refractivity contribution in [2.24, 2.45) is 0 Å². The molecule has 0 saturated carbocycles. The lowest BCUT2D eigenvalue weighted by Crippen LogP contribution is -2.04. The second kappa shape index (κ2) is 5.66. The van der Waals surface area contributed by atoms with Crippen LogP contribution in [0.1, 0.15) is 11.1 Å². The summed E-state index contributed by atoms with van der Waals surface area (Å²) in [4.78, 5) is 0. The normalized spacial score (nSPS) is 12.9. The van der Waals surface area contributed by atoms with Crippen LogP contribution in [0.25, 0.3) is 0 Å². The first-order chi connectivity index (χ1) is 9.31. The summed E-state index contributed by atoms with van der Waals surface area (Å²) >= 11 is 3.48. The zero-order chi connectivity index (χ0) is 13.1. The molecule has 0 saturated heterocycles. The van der Waals surface area contributed by atoms with E-state index in [0.717, 1.165) is 41.9 Å². The van der Waals surface area contributed by atoms with Gasteiger partial charge in [0.05, 0.1) is 6.61 Å². The lowest BCUT2D eigenvalue weighted by molar-refractivity contribution is 0.357. The summed E-state index contributed by atoms with van der Waals surface area (Å²) in [6, 6.07) is 14.8. The van der Waals surface area contributed by atoms with Gasteiger partial charge in [-0.2, -0.15) is 0 Å². The Morgan fingerprint density at radius 3 is 3.00 bits per heavy atom. The average molecular weight is 318 g/mol. The van der Waals surface area contributed by atoms with E-state index in [1.807, 2.05) is 12.1 Å². The molecule has 0 atom stereocenters. The van der Waals surface area contributed by atoms with Gasteiger partial charge in [0.25, 0.3) is 0 Å². The van der Waals surface area contributed by atoms with Crippen LogP contribution >= 0.6 is 15.9 Å². The first-order valence-electron chi connectivity index (χ1n) is 6.55. The predicted octanol–water partition coefficient (Wildman–Crippen LogP) is 4.04. The molecule has 2 aromatic carbocycles. The third kappa shape index (κ3) is 3.10. The smallest absolute Gasteiger partial charge is 0.122 e. The van der Waals surface area contributed by atoms with Gasteiger partial charge in [-0.25, -0.2) is 0 Å². The van der Waals surface area contributed by atoms with Gasteiger partial charge in [-0.05, 0) is 41.8 Å². The van der Waals surface area contributed by atoms with Crippen LogP contribution in [0.3, 0.4) is 0 Å². The minimum Gasteiger partial charge on any atom is -0.493 e. The molecular formula is C16H16BrNO. The molecular weight excluding hydrogens is 302 g/mol. The molecule has 3 heteroatoms. The van der Waals surface area contributed by atoms with E-state index in [9.17, 15) is 0 Å². The van der Waals surface area contributed by atoms with Gasteiger partial charge in [0.2, 0.25) is 0 Å². The Bertz CT molecular complexity index is 583. The molecule has 0 aromatic heterocycles. The molecule has 3 rings (SSSR count). The third-order valence-corrected chi connectivity index (χ3v) is 3.81. The van der Waals surface area contributed by atoms with Crippen LogP contribution in [0, 0.1) is 0 Å². The number of hydrogen-bond donors (Lipinski definition) is 1. The van der Waals surface area contributed by atoms with Crippen LogP contribution < -0.4 is 10.1 Å². The van der Waals surface area contributed by atoms with Gasteiger partial charge in [-0.15, -0.1) is 0 Å². The van der Waals surface area contributed by atoms with Crippen molar-refractivity contribution in [2.45, 2.75) is 12.8 Å². The van der Waals surface area contributed by atoms with Crippen molar-refractivity contribution in [2.75, 3.05) is 18.5 Å². The van der Waals surface area contributed by atoms with Crippen LogP contribution in [-0.2, 0) is 12.8 Å². The summed E-state index contributed by atoms with van der Waals surface area (Å²) in [6.07, 6.45) is 2.07. The maximum absolute atomic E-state index is 5.52. The fraction of sp³-hybridized carbons (Fsp3) is 0.250. The maximum atomic E-state index is 5.52. The molecule has 0 aliphatic carbocycles. The van der Waals surface area contributed by atoms with Crippen LogP contribution in [0.2, 0.25) is 0 Å². The van der Waals surface area contributed by atoms with Gasteiger partial charge >= 0.3 is 0 Å². The van der Waals surface area contributed by atoms with Crippen molar-refractivity contribution in [1.29, 1.82) is 0 Å². The second-order valence-corrected chi connectivity index (χ2v) is 5.64. The van der Waals surface area contributed by atoms with Crippen LogP contribution in [0.5, 0.6) is 5.75 Å². The van der Waals surface area contributed by atoms with Gasteiger partial charge in [-0.1, -0.05) is 34.1 Å². The summed E-state index contributed by atoms with van der Waals surface area (Å²) in [7, 11) is 0. The van der Waals surface area contributed by atoms with E-state index in [1.165, 1.54) is 11.1 Å². The zero-order valence-electron chi connectivity index (χ0n) is 10.7. The first-order valence-corrected chi connectivity index (χ1v) is 7.34. The minimum atomic E-state index is 0.828. The van der Waals surface area contributed by atoms with Gasteiger partial charge in [0, 0.05) is 23.1 Å². The number of fused-ring (bicyclic) bond motifs is 1. The molecule has 0 radical (unpaired) electrons. The monoisotopic (exact) mass is 317 g/mol. The lowest BCUT2D eigenvalue weighted by atomic mass is 10.1. The number of nitrogens with one attached hydrogen (secondary N) is 1. The fourth-order valence-corrected chi connectivity index (χ4v) is 2.74. The molecule has 1 N–H and O–H groups in total. The summed E-state index contributed by atoms with van der Waals surface area (Å²) < 4.78 is 6.62. The highest BCUT2D eigenvalue weighted by Gasteiger charge is 2.11. The molecule has 0 amide bonds. The summed E-state index contributed by atoms with van der Waals surface area (Å²) in [5, 5.41) is 3.44. The average Bonchev–Trinajstić information content (AvgIpc) is 2.86. The molecule has 1 aliphatic heterocycles. The Kier molecular flexibility index (Phi) is 3.74. The molecule has 19 heavy (non-hydrogen) atoms. The van der Waals surface area contributed by atoms with Crippen LogP contribution in [-0.4, -0.2) is 13.2 Å². The van der Waals surface area contributed by atoms with E-state index in [1.54, 1.807) is 0 Å². The number of halogens is 1. The van der Waals surface area contributed by atoms with E-state index < -0.39 is 0 Å². The Morgan fingerprint density at radius 2 is 2.11 bits per heavy atom. The van der Waals surface area contributed by atoms with Crippen molar-refractivity contribution >= 4 is 21.6 Å². The molecule has 2 nitrogen and oxygen atoms in total. The van der Waals surface area contributed by atoms with E-state index in [0.29, 0.717) is 0 Å². The summed E-state index contributed by atoms with van der Waals surface area (Å²) in [6.45, 7) is 1.77. The van der Waals surface area contributed by atoms with Crippen LogP contribution in [0.4, 0.5) is 5.69 Å². The molecule has 98 valence electrons. The minimum absolute atomic E-state index is 0.828. The Morgan fingerprint density at radius 1 is 1.16 bits per heavy atom. The van der Waals surface area contributed by atoms with E-state index in [2.05, 4.69) is 51.6 Å². The van der Waals surface area contributed by atoms with Gasteiger partial charge in [0.1, 0.15) is 5.75 Å². The number of benzene rings is 2. The standard InChI is InChI=1S/C16H16BrNO/c17-14-2-1-3-15(11-14)18-8-6-12-4-5-16-13(10-12)7-9-19-16/h1-5,10-11,18H,6-9H2. The van der Waals surface area contributed by atoms with Crippen LogP contribution in [0.15, 0.2) is 46.9 Å². The Balaban J connectivity index is 1.58. The van der Waals surface area contributed by atoms with E-state index >= 15 is 0 Å². The third-order valence-electron chi connectivity index (χ3n) is 3.32. The molecule has 0 unspecified atom stereocenters. The molecule has 0 fully saturated rings. The van der Waals surface area contributed by atoms with Crippen molar-refractivity contribution < 1.29 is 4.74 Å². The number of rotatable bonds is 4. The Hall–Kier alpha value is -1.48. The molecule has 0 spiro atoms. The van der Waals surface area contributed by atoms with Crippen molar-refractivity contribution in [1.82, 2.24) is 0 Å². The van der Waals surface area contributed by atoms with Crippen molar-refractivity contribution in [3.8, 4) is 5.75 Å². The number of hydrogen-bond acceptors (Lipinski definition) is 2. The topological polar surface area (TPSA) is 21.3 Å². The zero-order valence-corrected chi connectivity index (χ0v) is 12.2. The highest BCUT2D eigenvalue weighted by Crippen LogP contribution is 2.26. The molecule has 0 bridgehead atoms. The second-order valence-electron chi connectivity index (χ2n) is 4.73. The van der Waals surface area contributed by atoms with E-state index in [4.69, 9.17) is 4.74 Å². The van der Waals surface area contributed by atoms with E-state index in [-0.39, 0.29) is 0 Å². The summed E-state index contributed by atoms with van der Waals surface area (Å²) in [5.41, 5.74) is 3.87. The molecule has 1 aliphatic rings. The lowest BCUT2D eigenvalue weighted by Gasteiger charge is -2.08. The van der Waals surface area contributed by atoms with Gasteiger partial charge in [-0.3, -0.25) is 0 Å².